The van der Waals surface area contributed by atoms with E-state index in [0.29, 0.717) is 0 Å². The summed E-state index contributed by atoms with van der Waals surface area (Å²) in [6.07, 6.45) is 0.338. The molecule has 8 nitrogen and oxygen atoms in total. The van der Waals surface area contributed by atoms with E-state index in [9.17, 15) is 19.2 Å². The van der Waals surface area contributed by atoms with E-state index < -0.39 is 29.5 Å². The quantitative estimate of drug-likeness (QED) is 0.480. The molecule has 0 aliphatic carbocycles. The topological polar surface area (TPSA) is 125 Å². The van der Waals surface area contributed by atoms with Crippen molar-refractivity contribution in [3.05, 3.63) is 0 Å². The number of rotatable bonds is 3. The highest BCUT2D eigenvalue weighted by atomic mass is 16.4. The summed E-state index contributed by atoms with van der Waals surface area (Å²) in [5.74, 6) is -2.17. The van der Waals surface area contributed by atoms with Crippen molar-refractivity contribution >= 4 is 23.8 Å². The van der Waals surface area contributed by atoms with Gasteiger partial charge in [-0.15, -0.1) is 0 Å². The summed E-state index contributed by atoms with van der Waals surface area (Å²) in [6.45, 7) is 2.64. The van der Waals surface area contributed by atoms with Crippen LogP contribution in [0.4, 0.5) is 4.79 Å². The minimum absolute atomic E-state index is 0.138. The summed E-state index contributed by atoms with van der Waals surface area (Å²) < 4.78 is 0. The Kier molecular flexibility index (Phi) is 3.89. The Labute approximate surface area is 103 Å². The molecule has 4 amide bonds. The minimum Gasteiger partial charge on any atom is -0.480 e. The Bertz CT molecular complexity index is 404. The third-order valence-electron chi connectivity index (χ3n) is 2.51. The summed E-state index contributed by atoms with van der Waals surface area (Å²) in [6, 6.07) is -1.59. The Morgan fingerprint density at radius 2 is 2.00 bits per heavy atom. The lowest BCUT2D eigenvalue weighted by atomic mass is 10.1. The van der Waals surface area contributed by atoms with Crippen LogP contribution in [-0.2, 0) is 14.4 Å². The highest BCUT2D eigenvalue weighted by Crippen LogP contribution is 2.05. The predicted octanol–water partition coefficient (Wildman–Crippen LogP) is -1.05. The molecule has 0 aromatic rings. The van der Waals surface area contributed by atoms with Crippen LogP contribution in [0.3, 0.4) is 0 Å². The zero-order valence-electron chi connectivity index (χ0n) is 10.1. The van der Waals surface area contributed by atoms with E-state index in [-0.39, 0.29) is 18.7 Å². The van der Waals surface area contributed by atoms with Crippen molar-refractivity contribution in [2.24, 2.45) is 0 Å². The van der Waals surface area contributed by atoms with Gasteiger partial charge in [0.25, 0.3) is 0 Å². The molecule has 0 aromatic heterocycles. The van der Waals surface area contributed by atoms with Gasteiger partial charge in [-0.3, -0.25) is 14.9 Å². The summed E-state index contributed by atoms with van der Waals surface area (Å²) in [7, 11) is 0. The first-order valence-corrected chi connectivity index (χ1v) is 5.38. The standard InChI is InChI=1S/C10H15N3O5/c1-10(2,8(16)17)13-9(18)11-5-3-4-6(14)12-7(5)15/h5H,3-4H2,1-2H3,(H,16,17)(H2,11,13,18)(H,12,14,15). The lowest BCUT2D eigenvalue weighted by Gasteiger charge is -2.25. The average molecular weight is 257 g/mol. The monoisotopic (exact) mass is 257 g/mol. The van der Waals surface area contributed by atoms with Gasteiger partial charge >= 0.3 is 12.0 Å². The highest BCUT2D eigenvalue weighted by Gasteiger charge is 2.32. The van der Waals surface area contributed by atoms with Crippen molar-refractivity contribution in [2.75, 3.05) is 0 Å². The van der Waals surface area contributed by atoms with Gasteiger partial charge in [-0.1, -0.05) is 0 Å². The number of hydrogen-bond donors (Lipinski definition) is 4. The maximum absolute atomic E-state index is 11.5. The first-order chi connectivity index (χ1) is 8.22. The first kappa shape index (κ1) is 13.9. The van der Waals surface area contributed by atoms with Crippen molar-refractivity contribution in [3.63, 3.8) is 0 Å². The smallest absolute Gasteiger partial charge is 0.328 e. The lowest BCUT2D eigenvalue weighted by molar-refractivity contribution is -0.143. The molecule has 0 radical (unpaired) electrons. The summed E-state index contributed by atoms with van der Waals surface area (Å²) in [5.41, 5.74) is -1.44. The second kappa shape index (κ2) is 5.03. The molecule has 1 aliphatic heterocycles. The Balaban J connectivity index is 2.53. The fourth-order valence-electron chi connectivity index (χ4n) is 1.36. The minimum atomic E-state index is -1.44. The number of nitrogens with one attached hydrogen (secondary N) is 3. The molecule has 0 saturated carbocycles. The Morgan fingerprint density at radius 1 is 1.39 bits per heavy atom. The van der Waals surface area contributed by atoms with E-state index in [1.165, 1.54) is 13.8 Å². The fraction of sp³-hybridized carbons (Fsp3) is 0.600. The number of hydrogen-bond acceptors (Lipinski definition) is 4. The van der Waals surface area contributed by atoms with Gasteiger partial charge in [0.2, 0.25) is 11.8 Å². The third kappa shape index (κ3) is 3.44. The van der Waals surface area contributed by atoms with Gasteiger partial charge in [-0.2, -0.15) is 0 Å². The van der Waals surface area contributed by atoms with E-state index in [0.717, 1.165) is 0 Å². The second-order valence-electron chi connectivity index (χ2n) is 4.53. The molecule has 1 heterocycles. The molecule has 1 fully saturated rings. The van der Waals surface area contributed by atoms with Crippen molar-refractivity contribution in [1.82, 2.24) is 16.0 Å². The fourth-order valence-corrected chi connectivity index (χ4v) is 1.36. The molecule has 4 N–H and O–H groups in total. The molecule has 0 bridgehead atoms. The summed E-state index contributed by atoms with van der Waals surface area (Å²) >= 11 is 0. The molecule has 18 heavy (non-hydrogen) atoms. The summed E-state index contributed by atoms with van der Waals surface area (Å²) in [5, 5.41) is 15.4. The number of aliphatic carboxylic acids is 1. The third-order valence-corrected chi connectivity index (χ3v) is 2.51. The molecule has 1 rings (SSSR count). The molecule has 8 heteroatoms. The molecule has 1 atom stereocenters. The van der Waals surface area contributed by atoms with Crippen LogP contribution in [-0.4, -0.2) is 40.5 Å². The first-order valence-electron chi connectivity index (χ1n) is 5.38. The molecule has 1 saturated heterocycles. The van der Waals surface area contributed by atoms with Crippen LogP contribution in [0.2, 0.25) is 0 Å². The largest absolute Gasteiger partial charge is 0.480 e. The number of carbonyl (C=O) groups excluding carboxylic acids is 3. The van der Waals surface area contributed by atoms with Gasteiger partial charge in [0.1, 0.15) is 11.6 Å². The SMILES string of the molecule is CC(C)(NC(=O)NC1CCC(=O)NC1=O)C(=O)O. The van der Waals surface area contributed by atoms with Gasteiger partial charge in [0, 0.05) is 6.42 Å². The average Bonchev–Trinajstić information content (AvgIpc) is 2.21. The lowest BCUT2D eigenvalue weighted by Crippen LogP contribution is -2.59. The van der Waals surface area contributed by atoms with Crippen molar-refractivity contribution in [1.29, 1.82) is 0 Å². The van der Waals surface area contributed by atoms with E-state index >= 15 is 0 Å². The van der Waals surface area contributed by atoms with Gasteiger partial charge in [0.15, 0.2) is 0 Å². The maximum atomic E-state index is 11.5. The number of carbonyl (C=O) groups is 4. The van der Waals surface area contributed by atoms with Crippen LogP contribution in [0.25, 0.3) is 0 Å². The Morgan fingerprint density at radius 3 is 2.50 bits per heavy atom. The van der Waals surface area contributed by atoms with E-state index in [1.54, 1.807) is 0 Å². The molecule has 0 spiro atoms. The molecular formula is C10H15N3O5. The van der Waals surface area contributed by atoms with Crippen molar-refractivity contribution < 1.29 is 24.3 Å². The molecule has 1 unspecified atom stereocenters. The summed E-state index contributed by atoms with van der Waals surface area (Å²) in [4.78, 5) is 44.5. The van der Waals surface area contributed by atoms with Gasteiger partial charge in [-0.25, -0.2) is 9.59 Å². The van der Waals surface area contributed by atoms with Gasteiger partial charge < -0.3 is 15.7 Å². The van der Waals surface area contributed by atoms with Crippen molar-refractivity contribution in [2.45, 2.75) is 38.3 Å². The van der Waals surface area contributed by atoms with E-state index in [1.807, 2.05) is 0 Å². The van der Waals surface area contributed by atoms with Crippen LogP contribution in [0.1, 0.15) is 26.7 Å². The van der Waals surface area contributed by atoms with E-state index in [4.69, 9.17) is 5.11 Å². The number of carboxylic acids is 1. The zero-order chi connectivity index (χ0) is 13.9. The Hall–Kier alpha value is -2.12. The molecular weight excluding hydrogens is 242 g/mol. The van der Waals surface area contributed by atoms with Crippen LogP contribution < -0.4 is 16.0 Å². The van der Waals surface area contributed by atoms with E-state index in [2.05, 4.69) is 16.0 Å². The molecule has 0 aromatic carbocycles. The number of urea groups is 1. The van der Waals surface area contributed by atoms with Crippen molar-refractivity contribution in [3.8, 4) is 0 Å². The maximum Gasteiger partial charge on any atom is 0.328 e. The van der Waals surface area contributed by atoms with Gasteiger partial charge in [0.05, 0.1) is 0 Å². The highest BCUT2D eigenvalue weighted by molar-refractivity contribution is 6.01. The normalized spacial score (nSPS) is 20.0. The number of piperidine rings is 1. The number of amides is 4. The van der Waals surface area contributed by atoms with Crippen LogP contribution in [0.15, 0.2) is 0 Å². The molecule has 1 aliphatic rings. The van der Waals surface area contributed by atoms with Crippen LogP contribution >= 0.6 is 0 Å². The predicted molar refractivity (Wildman–Crippen MR) is 59.6 cm³/mol. The van der Waals surface area contributed by atoms with Crippen LogP contribution in [0, 0.1) is 0 Å². The number of imide groups is 1. The van der Waals surface area contributed by atoms with Gasteiger partial charge in [-0.05, 0) is 20.3 Å². The second-order valence-corrected chi connectivity index (χ2v) is 4.53. The number of carboxylic acid groups (broad SMARTS) is 1. The molecule has 100 valence electrons. The van der Waals surface area contributed by atoms with Crippen LogP contribution in [0.5, 0.6) is 0 Å². The zero-order valence-corrected chi connectivity index (χ0v) is 10.1.